The Labute approximate surface area is 190 Å². The van der Waals surface area contributed by atoms with Crippen molar-refractivity contribution in [1.82, 2.24) is 34.3 Å². The molecule has 1 aliphatic heterocycles. The van der Waals surface area contributed by atoms with Gasteiger partial charge in [-0.3, -0.25) is 4.98 Å². The summed E-state index contributed by atoms with van der Waals surface area (Å²) in [4.78, 5) is 16.0. The average Bonchev–Trinajstić information content (AvgIpc) is 3.52. The molecule has 1 fully saturated rings. The van der Waals surface area contributed by atoms with Gasteiger partial charge in [-0.15, -0.1) is 0 Å². The lowest BCUT2D eigenvalue weighted by Gasteiger charge is -2.27. The van der Waals surface area contributed by atoms with Crippen molar-refractivity contribution in [3.8, 4) is 28.5 Å². The van der Waals surface area contributed by atoms with Crippen LogP contribution in [0.2, 0.25) is 0 Å². The molecule has 6 rings (SSSR count). The summed E-state index contributed by atoms with van der Waals surface area (Å²) in [5.41, 5.74) is 5.55. The number of aryl methyl sites for hydroxylation is 1. The number of aromatic nitrogens is 7. The number of pyridine rings is 1. The van der Waals surface area contributed by atoms with Crippen molar-refractivity contribution in [2.75, 3.05) is 31.2 Å². The molecule has 33 heavy (non-hydrogen) atoms. The van der Waals surface area contributed by atoms with Crippen molar-refractivity contribution in [3.63, 3.8) is 0 Å². The Morgan fingerprint density at radius 3 is 2.58 bits per heavy atom. The Balaban J connectivity index is 1.47. The second kappa shape index (κ2) is 8.10. The molecule has 4 aromatic heterocycles. The van der Waals surface area contributed by atoms with Crippen LogP contribution >= 0.6 is 0 Å². The predicted octanol–water partition coefficient (Wildman–Crippen LogP) is 3.18. The molecule has 9 nitrogen and oxygen atoms in total. The summed E-state index contributed by atoms with van der Waals surface area (Å²) in [6.45, 7) is 4.85. The minimum atomic E-state index is 0.500. The van der Waals surface area contributed by atoms with Crippen LogP contribution in [0.5, 0.6) is 0 Å². The number of rotatable bonds is 4. The maximum absolute atomic E-state index is 5.54. The fraction of sp³-hybridized carbons (Fsp3) is 0.208. The van der Waals surface area contributed by atoms with Crippen molar-refractivity contribution in [1.29, 1.82) is 0 Å². The Hall–Kier alpha value is -4.11. The molecular formula is C24H22N8O. The zero-order valence-corrected chi connectivity index (χ0v) is 18.2. The molecule has 164 valence electrons. The molecule has 0 bridgehead atoms. The molecule has 0 spiro atoms. The molecule has 1 aromatic carbocycles. The largest absolute Gasteiger partial charge is 0.378 e. The maximum atomic E-state index is 5.54. The third-order valence-corrected chi connectivity index (χ3v) is 5.65. The van der Waals surface area contributed by atoms with Gasteiger partial charge in [-0.2, -0.15) is 24.7 Å². The van der Waals surface area contributed by atoms with Crippen LogP contribution in [0.25, 0.3) is 34.1 Å². The van der Waals surface area contributed by atoms with Crippen LogP contribution in [-0.2, 0) is 4.74 Å². The lowest BCUT2D eigenvalue weighted by molar-refractivity contribution is 0.121. The van der Waals surface area contributed by atoms with Gasteiger partial charge < -0.3 is 9.64 Å². The van der Waals surface area contributed by atoms with E-state index in [0.717, 1.165) is 41.6 Å². The quantitative estimate of drug-likeness (QED) is 0.426. The minimum Gasteiger partial charge on any atom is -0.378 e. The molecular weight excluding hydrogens is 416 g/mol. The minimum absolute atomic E-state index is 0.500. The van der Waals surface area contributed by atoms with E-state index in [1.54, 1.807) is 21.6 Å². The van der Waals surface area contributed by atoms with Gasteiger partial charge in [0.05, 0.1) is 24.6 Å². The molecule has 9 heteroatoms. The topological polar surface area (TPSA) is 86.3 Å². The van der Waals surface area contributed by atoms with Gasteiger partial charge >= 0.3 is 0 Å². The van der Waals surface area contributed by atoms with E-state index in [0.29, 0.717) is 24.8 Å². The Morgan fingerprint density at radius 1 is 0.879 bits per heavy atom. The Kier molecular flexibility index (Phi) is 4.80. The molecule has 0 amide bonds. The number of anilines is 1. The molecule has 1 saturated heterocycles. The first-order valence-electron chi connectivity index (χ1n) is 10.9. The van der Waals surface area contributed by atoms with Crippen molar-refractivity contribution in [2.24, 2.45) is 0 Å². The van der Waals surface area contributed by atoms with Gasteiger partial charge in [0.25, 0.3) is 5.95 Å². The van der Waals surface area contributed by atoms with E-state index >= 15 is 0 Å². The van der Waals surface area contributed by atoms with Crippen LogP contribution in [0.15, 0.2) is 67.1 Å². The van der Waals surface area contributed by atoms with Crippen molar-refractivity contribution in [3.05, 3.63) is 72.7 Å². The number of morpholine rings is 1. The molecule has 0 saturated carbocycles. The number of fused-ring (bicyclic) bond motifs is 1. The number of benzene rings is 1. The van der Waals surface area contributed by atoms with E-state index in [-0.39, 0.29) is 0 Å². The molecule has 1 aliphatic rings. The lowest BCUT2D eigenvalue weighted by Crippen LogP contribution is -2.38. The van der Waals surface area contributed by atoms with Gasteiger partial charge in [0, 0.05) is 48.9 Å². The second-order valence-electron chi connectivity index (χ2n) is 7.98. The summed E-state index contributed by atoms with van der Waals surface area (Å²) >= 11 is 0. The predicted molar refractivity (Wildman–Crippen MR) is 124 cm³/mol. The molecule has 0 atom stereocenters. The molecule has 0 unspecified atom stereocenters. The Morgan fingerprint density at radius 2 is 1.76 bits per heavy atom. The van der Waals surface area contributed by atoms with Gasteiger partial charge in [-0.25, -0.2) is 4.68 Å². The summed E-state index contributed by atoms with van der Waals surface area (Å²) in [6, 6.07) is 16.1. The zero-order valence-electron chi connectivity index (χ0n) is 18.2. The third-order valence-electron chi connectivity index (χ3n) is 5.65. The summed E-state index contributed by atoms with van der Waals surface area (Å²) in [6.07, 6.45) is 5.44. The Bertz CT molecular complexity index is 1420. The van der Waals surface area contributed by atoms with Crippen LogP contribution in [0.1, 0.15) is 5.56 Å². The summed E-state index contributed by atoms with van der Waals surface area (Å²) in [5.74, 6) is 1.22. The van der Waals surface area contributed by atoms with Crippen molar-refractivity contribution >= 4 is 11.6 Å². The fourth-order valence-corrected chi connectivity index (χ4v) is 3.98. The number of nitrogens with zero attached hydrogens (tertiary/aromatic N) is 8. The van der Waals surface area contributed by atoms with E-state index in [9.17, 15) is 0 Å². The lowest BCUT2D eigenvalue weighted by atomic mass is 10.1. The van der Waals surface area contributed by atoms with Gasteiger partial charge in [0.1, 0.15) is 0 Å². The molecule has 0 radical (unpaired) electrons. The van der Waals surface area contributed by atoms with Crippen LogP contribution < -0.4 is 4.90 Å². The zero-order chi connectivity index (χ0) is 22.2. The van der Waals surface area contributed by atoms with E-state index in [2.05, 4.69) is 35.0 Å². The molecule has 0 N–H and O–H groups in total. The van der Waals surface area contributed by atoms with Crippen LogP contribution in [0.3, 0.4) is 0 Å². The van der Waals surface area contributed by atoms with E-state index < -0.39 is 0 Å². The maximum Gasteiger partial charge on any atom is 0.255 e. The molecule has 0 aliphatic carbocycles. The van der Waals surface area contributed by atoms with Crippen LogP contribution in [0, 0.1) is 6.92 Å². The molecule has 5 heterocycles. The number of ether oxygens (including phenoxy) is 1. The van der Waals surface area contributed by atoms with Crippen LogP contribution in [0.4, 0.5) is 5.95 Å². The third kappa shape index (κ3) is 3.72. The number of hydrogen-bond donors (Lipinski definition) is 0. The standard InChI is InChI=1S/C24H22N8O/c1-17-4-2-5-18(14-17)20-7-9-31(28-20)23-26-22-15-21(19-6-3-8-25-16-19)29-32(22)24(27-23)30-10-12-33-13-11-30/h2-9,14-16H,10-13H2,1H3. The highest BCUT2D eigenvalue weighted by atomic mass is 16.5. The first-order valence-corrected chi connectivity index (χ1v) is 10.9. The molecule has 5 aromatic rings. The van der Waals surface area contributed by atoms with E-state index in [1.165, 1.54) is 5.56 Å². The van der Waals surface area contributed by atoms with Gasteiger partial charge in [0.2, 0.25) is 5.95 Å². The summed E-state index contributed by atoms with van der Waals surface area (Å²) < 4.78 is 9.06. The normalized spacial score (nSPS) is 14.2. The summed E-state index contributed by atoms with van der Waals surface area (Å²) in [5, 5.41) is 9.55. The first kappa shape index (κ1) is 19.6. The average molecular weight is 438 g/mol. The SMILES string of the molecule is Cc1cccc(-c2ccn(-c3nc(N4CCOCC4)n4nc(-c5cccnc5)cc4n3)n2)c1. The number of hydrogen-bond acceptors (Lipinski definition) is 7. The van der Waals surface area contributed by atoms with Crippen molar-refractivity contribution in [2.45, 2.75) is 6.92 Å². The highest BCUT2D eigenvalue weighted by molar-refractivity contribution is 5.65. The van der Waals surface area contributed by atoms with Crippen molar-refractivity contribution < 1.29 is 4.74 Å². The van der Waals surface area contributed by atoms with E-state index in [4.69, 9.17) is 24.9 Å². The fourth-order valence-electron chi connectivity index (χ4n) is 3.98. The van der Waals surface area contributed by atoms with Gasteiger partial charge in [-0.1, -0.05) is 23.8 Å². The summed E-state index contributed by atoms with van der Waals surface area (Å²) in [7, 11) is 0. The van der Waals surface area contributed by atoms with Gasteiger partial charge in [-0.05, 0) is 31.2 Å². The van der Waals surface area contributed by atoms with Gasteiger partial charge in [0.15, 0.2) is 5.65 Å². The highest BCUT2D eigenvalue weighted by Crippen LogP contribution is 2.24. The highest BCUT2D eigenvalue weighted by Gasteiger charge is 2.21. The van der Waals surface area contributed by atoms with E-state index in [1.807, 2.05) is 36.5 Å². The monoisotopic (exact) mass is 438 g/mol. The van der Waals surface area contributed by atoms with Crippen LogP contribution in [-0.4, -0.2) is 60.6 Å². The first-order chi connectivity index (χ1) is 16.2. The second-order valence-corrected chi connectivity index (χ2v) is 7.98. The smallest absolute Gasteiger partial charge is 0.255 e.